The molecule has 2 aliphatic carbocycles. The van der Waals surface area contributed by atoms with Gasteiger partial charge in [-0.05, 0) is 68.1 Å². The van der Waals surface area contributed by atoms with Gasteiger partial charge in [-0.2, -0.15) is 4.31 Å². The molecule has 1 N–H and O–H groups in total. The standard InChI is InChI=1S/C21H30N2O4S/c1-14-7-9-23(10-8-14)28(25,26)17-5-6-20(27-2)18(13-17)21(24)22-19-12-15-3-4-16(19)11-15/h5-6,13-16,19H,3-4,7-12H2,1-2H3,(H,22,24)/t15-,16-,19-/m0/s1. The zero-order valence-electron chi connectivity index (χ0n) is 16.7. The summed E-state index contributed by atoms with van der Waals surface area (Å²) in [6.45, 7) is 3.21. The maximum atomic E-state index is 13.1. The number of piperidine rings is 1. The average Bonchev–Trinajstić information content (AvgIpc) is 3.31. The summed E-state index contributed by atoms with van der Waals surface area (Å²) in [4.78, 5) is 13.1. The van der Waals surface area contributed by atoms with Gasteiger partial charge in [0, 0.05) is 19.1 Å². The topological polar surface area (TPSA) is 75.7 Å². The highest BCUT2D eigenvalue weighted by Crippen LogP contribution is 2.44. The molecule has 0 aromatic heterocycles. The number of methoxy groups -OCH3 is 1. The monoisotopic (exact) mass is 406 g/mol. The molecule has 154 valence electrons. The number of carbonyl (C=O) groups excluding carboxylic acids is 1. The van der Waals surface area contributed by atoms with Crippen molar-refractivity contribution in [3.8, 4) is 5.75 Å². The van der Waals surface area contributed by atoms with Crippen LogP contribution in [0.1, 0.15) is 55.8 Å². The molecule has 6 nitrogen and oxygen atoms in total. The van der Waals surface area contributed by atoms with Gasteiger partial charge in [0.05, 0.1) is 17.6 Å². The number of benzene rings is 1. The third-order valence-corrected chi connectivity index (χ3v) is 8.75. The molecule has 7 heteroatoms. The first kappa shape index (κ1) is 19.7. The summed E-state index contributed by atoms with van der Waals surface area (Å²) >= 11 is 0. The molecule has 0 radical (unpaired) electrons. The van der Waals surface area contributed by atoms with Crippen molar-refractivity contribution in [2.45, 2.75) is 56.4 Å². The SMILES string of the molecule is COc1ccc(S(=O)(=O)N2CCC(C)CC2)cc1C(=O)N[C@H]1C[C@H]2CC[C@H]1C2. The fourth-order valence-corrected chi connectivity index (χ4v) is 6.56. The van der Waals surface area contributed by atoms with E-state index in [0.717, 1.165) is 25.2 Å². The number of nitrogens with zero attached hydrogens (tertiary/aromatic N) is 1. The minimum absolute atomic E-state index is 0.168. The van der Waals surface area contributed by atoms with Gasteiger partial charge in [-0.15, -0.1) is 0 Å². The predicted molar refractivity (Wildman–Crippen MR) is 107 cm³/mol. The lowest BCUT2D eigenvalue weighted by Crippen LogP contribution is -2.39. The molecule has 1 heterocycles. The van der Waals surface area contributed by atoms with Crippen LogP contribution in [0.3, 0.4) is 0 Å². The van der Waals surface area contributed by atoms with Gasteiger partial charge >= 0.3 is 0 Å². The fourth-order valence-electron chi connectivity index (χ4n) is 5.07. The molecular weight excluding hydrogens is 376 g/mol. The van der Waals surface area contributed by atoms with Crippen LogP contribution in [0, 0.1) is 17.8 Å². The van der Waals surface area contributed by atoms with Crippen molar-refractivity contribution < 1.29 is 17.9 Å². The molecule has 0 unspecified atom stereocenters. The quantitative estimate of drug-likeness (QED) is 0.816. The molecular formula is C21H30N2O4S. The number of hydrogen-bond acceptors (Lipinski definition) is 4. The lowest BCUT2D eigenvalue weighted by Gasteiger charge is -2.29. The normalized spacial score (nSPS) is 28.4. The Morgan fingerprint density at radius 1 is 1.14 bits per heavy atom. The van der Waals surface area contributed by atoms with Crippen LogP contribution >= 0.6 is 0 Å². The largest absolute Gasteiger partial charge is 0.496 e. The second-order valence-corrected chi connectivity index (χ2v) is 10.6. The van der Waals surface area contributed by atoms with Gasteiger partial charge < -0.3 is 10.1 Å². The average molecular weight is 407 g/mol. The molecule has 3 aliphatic rings. The Kier molecular flexibility index (Phi) is 5.40. The van der Waals surface area contributed by atoms with Gasteiger partial charge in [0.2, 0.25) is 10.0 Å². The summed E-state index contributed by atoms with van der Waals surface area (Å²) in [5, 5.41) is 3.14. The van der Waals surface area contributed by atoms with Crippen molar-refractivity contribution in [2.75, 3.05) is 20.2 Å². The number of rotatable bonds is 5. The van der Waals surface area contributed by atoms with Gasteiger partial charge in [0.1, 0.15) is 5.75 Å². The lowest BCUT2D eigenvalue weighted by molar-refractivity contribution is 0.0919. The van der Waals surface area contributed by atoms with Crippen molar-refractivity contribution in [1.29, 1.82) is 0 Å². The molecule has 3 atom stereocenters. The highest BCUT2D eigenvalue weighted by molar-refractivity contribution is 7.89. The Morgan fingerprint density at radius 2 is 1.89 bits per heavy atom. The number of hydrogen-bond donors (Lipinski definition) is 1. The van der Waals surface area contributed by atoms with Crippen LogP contribution in [-0.4, -0.2) is 44.9 Å². The van der Waals surface area contributed by atoms with Crippen LogP contribution in [0.4, 0.5) is 0 Å². The summed E-state index contributed by atoms with van der Waals surface area (Å²) < 4.78 is 33.0. The van der Waals surface area contributed by atoms with E-state index in [2.05, 4.69) is 12.2 Å². The molecule has 2 bridgehead atoms. The van der Waals surface area contributed by atoms with E-state index in [0.29, 0.717) is 36.2 Å². The second kappa shape index (κ2) is 7.67. The molecule has 4 rings (SSSR count). The first-order valence-electron chi connectivity index (χ1n) is 10.4. The van der Waals surface area contributed by atoms with Crippen LogP contribution in [0.2, 0.25) is 0 Å². The minimum Gasteiger partial charge on any atom is -0.496 e. The van der Waals surface area contributed by atoms with Crippen molar-refractivity contribution in [1.82, 2.24) is 9.62 Å². The number of sulfonamides is 1. The molecule has 1 aliphatic heterocycles. The van der Waals surface area contributed by atoms with Crippen molar-refractivity contribution >= 4 is 15.9 Å². The van der Waals surface area contributed by atoms with Crippen LogP contribution < -0.4 is 10.1 Å². The zero-order valence-corrected chi connectivity index (χ0v) is 17.5. The third-order valence-electron chi connectivity index (χ3n) is 6.85. The number of ether oxygens (including phenoxy) is 1. The van der Waals surface area contributed by atoms with Crippen LogP contribution in [0.5, 0.6) is 5.75 Å². The van der Waals surface area contributed by atoms with Crippen LogP contribution in [0.15, 0.2) is 23.1 Å². The van der Waals surface area contributed by atoms with Crippen LogP contribution in [-0.2, 0) is 10.0 Å². The van der Waals surface area contributed by atoms with E-state index in [1.54, 1.807) is 12.1 Å². The summed E-state index contributed by atoms with van der Waals surface area (Å²) in [7, 11) is -2.10. The van der Waals surface area contributed by atoms with E-state index in [1.165, 1.54) is 36.7 Å². The van der Waals surface area contributed by atoms with Crippen molar-refractivity contribution in [3.05, 3.63) is 23.8 Å². The summed E-state index contributed by atoms with van der Waals surface area (Å²) in [6.07, 6.45) is 6.41. The number of nitrogens with one attached hydrogen (secondary N) is 1. The van der Waals surface area contributed by atoms with E-state index < -0.39 is 10.0 Å². The van der Waals surface area contributed by atoms with E-state index in [4.69, 9.17) is 4.74 Å². The van der Waals surface area contributed by atoms with Gasteiger partial charge in [0.25, 0.3) is 5.91 Å². The van der Waals surface area contributed by atoms with E-state index in [-0.39, 0.29) is 16.8 Å². The first-order chi connectivity index (χ1) is 13.4. The number of fused-ring (bicyclic) bond motifs is 2. The zero-order chi connectivity index (χ0) is 19.9. The van der Waals surface area contributed by atoms with E-state index in [1.807, 2.05) is 0 Å². The van der Waals surface area contributed by atoms with Crippen molar-refractivity contribution in [2.24, 2.45) is 17.8 Å². The maximum absolute atomic E-state index is 13.1. The van der Waals surface area contributed by atoms with Gasteiger partial charge in [-0.1, -0.05) is 13.3 Å². The first-order valence-corrected chi connectivity index (χ1v) is 11.8. The Balaban J connectivity index is 1.56. The molecule has 0 spiro atoms. The molecule has 1 aromatic rings. The minimum atomic E-state index is -3.60. The van der Waals surface area contributed by atoms with Gasteiger partial charge in [0.15, 0.2) is 0 Å². The Bertz CT molecular complexity index is 846. The number of amides is 1. The summed E-state index contributed by atoms with van der Waals surface area (Å²) in [5.74, 6) is 2.00. The highest BCUT2D eigenvalue weighted by Gasteiger charge is 2.40. The Labute approximate surface area is 167 Å². The third kappa shape index (κ3) is 3.66. The Morgan fingerprint density at radius 3 is 2.50 bits per heavy atom. The lowest BCUT2D eigenvalue weighted by atomic mass is 9.95. The second-order valence-electron chi connectivity index (χ2n) is 8.70. The highest BCUT2D eigenvalue weighted by atomic mass is 32.2. The molecule has 1 amide bonds. The smallest absolute Gasteiger partial charge is 0.255 e. The molecule has 28 heavy (non-hydrogen) atoms. The van der Waals surface area contributed by atoms with Crippen molar-refractivity contribution in [3.63, 3.8) is 0 Å². The van der Waals surface area contributed by atoms with E-state index >= 15 is 0 Å². The van der Waals surface area contributed by atoms with Gasteiger partial charge in [-0.3, -0.25) is 4.79 Å². The fraction of sp³-hybridized carbons (Fsp3) is 0.667. The van der Waals surface area contributed by atoms with E-state index in [9.17, 15) is 13.2 Å². The summed E-state index contributed by atoms with van der Waals surface area (Å²) in [6, 6.07) is 4.81. The summed E-state index contributed by atoms with van der Waals surface area (Å²) in [5.41, 5.74) is 0.303. The van der Waals surface area contributed by atoms with Crippen LogP contribution in [0.25, 0.3) is 0 Å². The van der Waals surface area contributed by atoms with Gasteiger partial charge in [-0.25, -0.2) is 8.42 Å². The Hall–Kier alpha value is -1.60. The molecule has 1 aromatic carbocycles. The predicted octanol–water partition coefficient (Wildman–Crippen LogP) is 3.03. The molecule has 1 saturated heterocycles. The molecule has 3 fully saturated rings. The maximum Gasteiger partial charge on any atom is 0.255 e. The molecule has 2 saturated carbocycles. The number of carbonyl (C=O) groups is 1.